The van der Waals surface area contributed by atoms with Gasteiger partial charge in [0, 0.05) is 30.6 Å². The van der Waals surface area contributed by atoms with Crippen LogP contribution in [0.15, 0.2) is 35.8 Å². The average Bonchev–Trinajstić information content (AvgIpc) is 2.99. The first kappa shape index (κ1) is 10.9. The van der Waals surface area contributed by atoms with Crippen LogP contribution in [0.4, 0.5) is 0 Å². The van der Waals surface area contributed by atoms with Crippen LogP contribution in [-0.4, -0.2) is 11.5 Å². The number of benzene rings is 1. The monoisotopic (exact) mass is 244 g/mol. The summed E-state index contributed by atoms with van der Waals surface area (Å²) in [5.74, 6) is 0. The quantitative estimate of drug-likeness (QED) is 0.894. The number of aromatic nitrogens is 1. The molecule has 17 heavy (non-hydrogen) atoms. The molecule has 0 amide bonds. The Morgan fingerprint density at radius 1 is 1.35 bits per heavy atom. The van der Waals surface area contributed by atoms with Crippen LogP contribution in [0.1, 0.15) is 28.6 Å². The summed E-state index contributed by atoms with van der Waals surface area (Å²) >= 11 is 1.74. The average molecular weight is 244 g/mol. The molecular formula is C14H16N2S. The number of hydrogen-bond donors (Lipinski definition) is 1. The zero-order chi connectivity index (χ0) is 11.5. The Balaban J connectivity index is 1.57. The molecule has 1 aromatic carbocycles. The topological polar surface area (TPSA) is 24.9 Å². The van der Waals surface area contributed by atoms with E-state index in [1.807, 2.05) is 11.6 Å². The Labute approximate surface area is 106 Å². The fourth-order valence-electron chi connectivity index (χ4n) is 2.50. The summed E-state index contributed by atoms with van der Waals surface area (Å²) in [4.78, 5) is 4.30. The van der Waals surface area contributed by atoms with Gasteiger partial charge in [-0.15, -0.1) is 11.3 Å². The highest BCUT2D eigenvalue weighted by Crippen LogP contribution is 2.30. The fourth-order valence-corrected chi connectivity index (χ4v) is 3.12. The van der Waals surface area contributed by atoms with Crippen LogP contribution < -0.4 is 5.32 Å². The molecular weight excluding hydrogens is 228 g/mol. The van der Waals surface area contributed by atoms with Gasteiger partial charge < -0.3 is 5.32 Å². The molecule has 1 heterocycles. The van der Waals surface area contributed by atoms with Crippen molar-refractivity contribution in [1.82, 2.24) is 10.3 Å². The van der Waals surface area contributed by atoms with Gasteiger partial charge in [0.05, 0.1) is 5.01 Å². The van der Waals surface area contributed by atoms with Crippen molar-refractivity contribution in [2.24, 2.45) is 0 Å². The van der Waals surface area contributed by atoms with Gasteiger partial charge in [-0.1, -0.05) is 24.3 Å². The molecule has 88 valence electrons. The van der Waals surface area contributed by atoms with E-state index in [0.29, 0.717) is 6.04 Å². The molecule has 1 aliphatic carbocycles. The Morgan fingerprint density at radius 3 is 3.18 bits per heavy atom. The van der Waals surface area contributed by atoms with Crippen molar-refractivity contribution < 1.29 is 0 Å². The minimum Gasteiger partial charge on any atom is -0.310 e. The number of fused-ring (bicyclic) bond motifs is 1. The summed E-state index contributed by atoms with van der Waals surface area (Å²) in [6.07, 6.45) is 5.36. The third-order valence-electron chi connectivity index (χ3n) is 3.35. The number of nitrogens with zero attached hydrogens (tertiary/aromatic N) is 1. The van der Waals surface area contributed by atoms with Crippen LogP contribution in [0.5, 0.6) is 0 Å². The lowest BCUT2D eigenvalue weighted by molar-refractivity contribution is 0.533. The van der Waals surface area contributed by atoms with Crippen molar-refractivity contribution >= 4 is 11.3 Å². The van der Waals surface area contributed by atoms with Gasteiger partial charge in [-0.2, -0.15) is 0 Å². The molecule has 0 bridgehead atoms. The SMILES string of the molecule is c1ccc2c(c1)CCC2NCCc1nccs1. The van der Waals surface area contributed by atoms with E-state index in [1.54, 1.807) is 11.3 Å². The van der Waals surface area contributed by atoms with E-state index < -0.39 is 0 Å². The molecule has 1 aliphatic rings. The van der Waals surface area contributed by atoms with E-state index in [4.69, 9.17) is 0 Å². The van der Waals surface area contributed by atoms with Crippen molar-refractivity contribution in [2.45, 2.75) is 25.3 Å². The van der Waals surface area contributed by atoms with Crippen molar-refractivity contribution in [3.63, 3.8) is 0 Å². The predicted octanol–water partition coefficient (Wildman–Crippen LogP) is 2.96. The van der Waals surface area contributed by atoms with Gasteiger partial charge in [0.25, 0.3) is 0 Å². The third-order valence-corrected chi connectivity index (χ3v) is 4.19. The first-order valence-corrected chi connectivity index (χ1v) is 7.01. The number of rotatable bonds is 4. The van der Waals surface area contributed by atoms with Crippen LogP contribution in [0, 0.1) is 0 Å². The first-order chi connectivity index (χ1) is 8.43. The minimum atomic E-state index is 0.547. The lowest BCUT2D eigenvalue weighted by atomic mass is 10.1. The van der Waals surface area contributed by atoms with Crippen LogP contribution >= 0.6 is 11.3 Å². The van der Waals surface area contributed by atoms with Crippen molar-refractivity contribution in [3.05, 3.63) is 52.0 Å². The smallest absolute Gasteiger partial charge is 0.0937 e. The summed E-state index contributed by atoms with van der Waals surface area (Å²) < 4.78 is 0. The standard InChI is InChI=1S/C14H16N2S/c1-2-4-12-11(3-1)5-6-13(12)15-8-7-14-16-9-10-17-14/h1-4,9-10,13,15H,5-8H2. The van der Waals surface area contributed by atoms with E-state index in [0.717, 1.165) is 13.0 Å². The molecule has 0 radical (unpaired) electrons. The highest BCUT2D eigenvalue weighted by atomic mass is 32.1. The largest absolute Gasteiger partial charge is 0.310 e. The maximum absolute atomic E-state index is 4.30. The van der Waals surface area contributed by atoms with Gasteiger partial charge in [0.2, 0.25) is 0 Å². The predicted molar refractivity (Wildman–Crippen MR) is 71.3 cm³/mol. The lowest BCUT2D eigenvalue weighted by Crippen LogP contribution is -2.21. The van der Waals surface area contributed by atoms with Crippen LogP contribution in [-0.2, 0) is 12.8 Å². The normalized spacial score (nSPS) is 18.2. The zero-order valence-corrected chi connectivity index (χ0v) is 10.5. The molecule has 0 aliphatic heterocycles. The molecule has 3 rings (SSSR count). The molecule has 0 saturated heterocycles. The minimum absolute atomic E-state index is 0.547. The van der Waals surface area contributed by atoms with Gasteiger partial charge in [-0.3, -0.25) is 0 Å². The summed E-state index contributed by atoms with van der Waals surface area (Å²) in [6, 6.07) is 9.32. The molecule has 3 heteroatoms. The molecule has 0 saturated carbocycles. The number of nitrogens with one attached hydrogen (secondary N) is 1. The molecule has 0 spiro atoms. The Morgan fingerprint density at radius 2 is 2.29 bits per heavy atom. The number of aryl methyl sites for hydroxylation is 1. The molecule has 2 nitrogen and oxygen atoms in total. The number of hydrogen-bond acceptors (Lipinski definition) is 3. The van der Waals surface area contributed by atoms with Gasteiger partial charge >= 0.3 is 0 Å². The molecule has 1 aromatic heterocycles. The number of thiazole rings is 1. The summed E-state index contributed by atoms with van der Waals surface area (Å²) in [5, 5.41) is 6.91. The maximum atomic E-state index is 4.30. The zero-order valence-electron chi connectivity index (χ0n) is 9.73. The van der Waals surface area contributed by atoms with Crippen molar-refractivity contribution in [3.8, 4) is 0 Å². The Kier molecular flexibility index (Phi) is 3.20. The van der Waals surface area contributed by atoms with Gasteiger partial charge in [-0.05, 0) is 24.0 Å². The molecule has 2 aromatic rings. The van der Waals surface area contributed by atoms with E-state index >= 15 is 0 Å². The Hall–Kier alpha value is -1.19. The van der Waals surface area contributed by atoms with Crippen LogP contribution in [0.2, 0.25) is 0 Å². The van der Waals surface area contributed by atoms with Crippen LogP contribution in [0.25, 0.3) is 0 Å². The second-order valence-electron chi connectivity index (χ2n) is 4.42. The summed E-state index contributed by atoms with van der Waals surface area (Å²) in [7, 11) is 0. The van der Waals surface area contributed by atoms with E-state index in [2.05, 4.69) is 34.6 Å². The third kappa shape index (κ3) is 2.40. The van der Waals surface area contributed by atoms with Crippen molar-refractivity contribution in [1.29, 1.82) is 0 Å². The maximum Gasteiger partial charge on any atom is 0.0937 e. The van der Waals surface area contributed by atoms with E-state index in [-0.39, 0.29) is 0 Å². The van der Waals surface area contributed by atoms with Gasteiger partial charge in [0.1, 0.15) is 0 Å². The molecule has 1 unspecified atom stereocenters. The van der Waals surface area contributed by atoms with Gasteiger partial charge in [-0.25, -0.2) is 4.98 Å². The van der Waals surface area contributed by atoms with Gasteiger partial charge in [0.15, 0.2) is 0 Å². The van der Waals surface area contributed by atoms with E-state index in [9.17, 15) is 0 Å². The van der Waals surface area contributed by atoms with E-state index in [1.165, 1.54) is 29.0 Å². The van der Waals surface area contributed by atoms with Crippen molar-refractivity contribution in [2.75, 3.05) is 6.54 Å². The molecule has 1 N–H and O–H groups in total. The molecule has 1 atom stereocenters. The second kappa shape index (κ2) is 4.98. The Bertz CT molecular complexity index is 479. The fraction of sp³-hybridized carbons (Fsp3) is 0.357. The lowest BCUT2D eigenvalue weighted by Gasteiger charge is -2.13. The van der Waals surface area contributed by atoms with Crippen LogP contribution in [0.3, 0.4) is 0 Å². The highest BCUT2D eigenvalue weighted by Gasteiger charge is 2.20. The summed E-state index contributed by atoms with van der Waals surface area (Å²) in [5.41, 5.74) is 3.01. The molecule has 0 fully saturated rings. The highest BCUT2D eigenvalue weighted by molar-refractivity contribution is 7.09. The second-order valence-corrected chi connectivity index (χ2v) is 5.40. The first-order valence-electron chi connectivity index (χ1n) is 6.13. The summed E-state index contributed by atoms with van der Waals surface area (Å²) in [6.45, 7) is 1.02.